The van der Waals surface area contributed by atoms with E-state index in [1.807, 2.05) is 0 Å². The van der Waals surface area contributed by atoms with Crippen LogP contribution in [-0.4, -0.2) is 17.0 Å². The molecule has 76 valence electrons. The van der Waals surface area contributed by atoms with Crippen molar-refractivity contribution in [1.82, 2.24) is 0 Å². The summed E-state index contributed by atoms with van der Waals surface area (Å²) < 4.78 is 0. The lowest BCUT2D eigenvalue weighted by Gasteiger charge is -2.06. The Labute approximate surface area is 88.5 Å². The largest absolute Gasteiger partial charge is 0.385 e. The number of hydrogen-bond donors (Lipinski definition) is 1. The minimum Gasteiger partial charge on any atom is -0.385 e. The quantitative estimate of drug-likeness (QED) is 0.831. The Morgan fingerprint density at radius 3 is 2.50 bits per heavy atom. The van der Waals surface area contributed by atoms with Gasteiger partial charge < -0.3 is 5.11 Å². The van der Waals surface area contributed by atoms with Crippen molar-refractivity contribution in [2.24, 2.45) is 0 Å². The van der Waals surface area contributed by atoms with E-state index in [9.17, 15) is 9.90 Å². The molecule has 0 aromatic heterocycles. The topological polar surface area (TPSA) is 37.3 Å². The molecule has 1 aromatic rings. The summed E-state index contributed by atoms with van der Waals surface area (Å²) >= 11 is 5.70. The highest BCUT2D eigenvalue weighted by atomic mass is 35.5. The fourth-order valence-corrected chi connectivity index (χ4v) is 1.27. The van der Waals surface area contributed by atoms with Crippen molar-refractivity contribution in [1.29, 1.82) is 0 Å². The van der Waals surface area contributed by atoms with Crippen LogP contribution >= 0.6 is 11.6 Å². The molecule has 14 heavy (non-hydrogen) atoms. The first kappa shape index (κ1) is 11.2. The highest BCUT2D eigenvalue weighted by Crippen LogP contribution is 2.11. The number of aliphatic hydroxyl groups is 1. The van der Waals surface area contributed by atoms with Gasteiger partial charge in [-0.25, -0.2) is 0 Å². The van der Waals surface area contributed by atoms with Crippen molar-refractivity contribution in [3.8, 4) is 0 Å². The van der Waals surface area contributed by atoms with Gasteiger partial charge in [0.1, 0.15) is 6.10 Å². The van der Waals surface area contributed by atoms with Crippen LogP contribution in [0.4, 0.5) is 0 Å². The number of Topliss-reactive ketones (excluding diaryl/α,β-unsaturated/α-hetero) is 1. The Morgan fingerprint density at radius 1 is 1.43 bits per heavy atom. The first-order valence-electron chi connectivity index (χ1n) is 4.58. The van der Waals surface area contributed by atoms with Crippen LogP contribution in [0.15, 0.2) is 24.3 Å². The fourth-order valence-electron chi connectivity index (χ4n) is 1.15. The average Bonchev–Trinajstić information content (AvgIpc) is 2.20. The summed E-state index contributed by atoms with van der Waals surface area (Å²) in [5, 5.41) is 9.92. The zero-order valence-corrected chi connectivity index (χ0v) is 8.79. The van der Waals surface area contributed by atoms with Crippen LogP contribution in [0.25, 0.3) is 0 Å². The number of rotatable bonds is 4. The zero-order chi connectivity index (χ0) is 10.6. The average molecular weight is 213 g/mol. The number of benzene rings is 1. The molecule has 1 N–H and O–H groups in total. The van der Waals surface area contributed by atoms with Gasteiger partial charge in [0.05, 0.1) is 0 Å². The standard InChI is InChI=1S/C11H13ClO2/c1-2-10(13)11(14)7-8-3-5-9(12)6-4-8/h3-6,10,13H,2,7H2,1H3. The highest BCUT2D eigenvalue weighted by Gasteiger charge is 2.12. The zero-order valence-electron chi connectivity index (χ0n) is 8.03. The van der Waals surface area contributed by atoms with Crippen LogP contribution < -0.4 is 0 Å². The molecule has 1 atom stereocenters. The Kier molecular flexibility index (Phi) is 4.11. The molecule has 2 nitrogen and oxygen atoms in total. The van der Waals surface area contributed by atoms with Gasteiger partial charge in [0.15, 0.2) is 5.78 Å². The van der Waals surface area contributed by atoms with E-state index in [0.29, 0.717) is 11.4 Å². The molecule has 1 unspecified atom stereocenters. The second-order valence-corrected chi connectivity index (χ2v) is 3.63. The molecule has 0 saturated heterocycles. The number of aliphatic hydroxyl groups excluding tert-OH is 1. The van der Waals surface area contributed by atoms with Gasteiger partial charge in [-0.15, -0.1) is 0 Å². The third-order valence-electron chi connectivity index (χ3n) is 2.05. The van der Waals surface area contributed by atoms with Crippen molar-refractivity contribution >= 4 is 17.4 Å². The van der Waals surface area contributed by atoms with Crippen molar-refractivity contribution in [3.63, 3.8) is 0 Å². The Hall–Kier alpha value is -0.860. The summed E-state index contributed by atoms with van der Waals surface area (Å²) in [7, 11) is 0. The molecule has 3 heteroatoms. The molecule has 1 rings (SSSR count). The van der Waals surface area contributed by atoms with Crippen LogP contribution in [-0.2, 0) is 11.2 Å². The second-order valence-electron chi connectivity index (χ2n) is 3.19. The minimum atomic E-state index is -0.842. The molecule has 0 bridgehead atoms. The summed E-state index contributed by atoms with van der Waals surface area (Å²) in [6, 6.07) is 7.07. The van der Waals surface area contributed by atoms with Gasteiger partial charge in [-0.3, -0.25) is 4.79 Å². The van der Waals surface area contributed by atoms with E-state index >= 15 is 0 Å². The van der Waals surface area contributed by atoms with Crippen LogP contribution in [0.1, 0.15) is 18.9 Å². The van der Waals surface area contributed by atoms with Crippen LogP contribution in [0.2, 0.25) is 5.02 Å². The molecular formula is C11H13ClO2. The Morgan fingerprint density at radius 2 is 2.00 bits per heavy atom. The summed E-state index contributed by atoms with van der Waals surface area (Å²) in [5.74, 6) is -0.144. The molecule has 0 amide bonds. The van der Waals surface area contributed by atoms with Gasteiger partial charge in [0, 0.05) is 11.4 Å². The Balaban J connectivity index is 2.60. The van der Waals surface area contributed by atoms with Gasteiger partial charge in [-0.2, -0.15) is 0 Å². The van der Waals surface area contributed by atoms with E-state index in [4.69, 9.17) is 11.6 Å². The molecule has 1 aromatic carbocycles. The summed E-state index contributed by atoms with van der Waals surface area (Å²) in [4.78, 5) is 11.3. The molecule has 0 heterocycles. The molecule has 0 aliphatic rings. The van der Waals surface area contributed by atoms with Crippen LogP contribution in [0.5, 0.6) is 0 Å². The van der Waals surface area contributed by atoms with Gasteiger partial charge in [0.2, 0.25) is 0 Å². The van der Waals surface area contributed by atoms with E-state index in [2.05, 4.69) is 0 Å². The molecule has 0 fully saturated rings. The highest BCUT2D eigenvalue weighted by molar-refractivity contribution is 6.30. The lowest BCUT2D eigenvalue weighted by atomic mass is 10.0. The van der Waals surface area contributed by atoms with Gasteiger partial charge >= 0.3 is 0 Å². The fraction of sp³-hybridized carbons (Fsp3) is 0.364. The SMILES string of the molecule is CCC(O)C(=O)Cc1ccc(Cl)cc1. The van der Waals surface area contributed by atoms with E-state index < -0.39 is 6.10 Å². The smallest absolute Gasteiger partial charge is 0.165 e. The van der Waals surface area contributed by atoms with Gasteiger partial charge in [0.25, 0.3) is 0 Å². The number of ketones is 1. The number of halogens is 1. The third kappa shape index (κ3) is 3.13. The summed E-state index contributed by atoms with van der Waals surface area (Å²) in [6.45, 7) is 1.78. The van der Waals surface area contributed by atoms with E-state index in [0.717, 1.165) is 5.56 Å². The normalized spacial score (nSPS) is 12.5. The first-order chi connectivity index (χ1) is 6.63. The number of hydrogen-bond acceptors (Lipinski definition) is 2. The van der Waals surface area contributed by atoms with Crippen molar-refractivity contribution in [2.75, 3.05) is 0 Å². The molecule has 0 aliphatic carbocycles. The minimum absolute atomic E-state index is 0.144. The van der Waals surface area contributed by atoms with Crippen LogP contribution in [0.3, 0.4) is 0 Å². The maximum absolute atomic E-state index is 11.3. The second kappa shape index (κ2) is 5.13. The predicted molar refractivity (Wildman–Crippen MR) is 56.5 cm³/mol. The lowest BCUT2D eigenvalue weighted by molar-refractivity contribution is -0.126. The monoisotopic (exact) mass is 212 g/mol. The molecule has 0 radical (unpaired) electrons. The van der Waals surface area contributed by atoms with Gasteiger partial charge in [-0.05, 0) is 24.1 Å². The van der Waals surface area contributed by atoms with E-state index in [-0.39, 0.29) is 12.2 Å². The molecule has 0 spiro atoms. The summed E-state index contributed by atoms with van der Waals surface area (Å²) in [6.07, 6.45) is -0.107. The van der Waals surface area contributed by atoms with E-state index in [1.54, 1.807) is 31.2 Å². The molecular weight excluding hydrogens is 200 g/mol. The molecule has 0 saturated carbocycles. The predicted octanol–water partition coefficient (Wildman–Crippen LogP) is 2.22. The van der Waals surface area contributed by atoms with Gasteiger partial charge in [-0.1, -0.05) is 30.7 Å². The van der Waals surface area contributed by atoms with Crippen LogP contribution in [0, 0.1) is 0 Å². The van der Waals surface area contributed by atoms with Crippen molar-refractivity contribution < 1.29 is 9.90 Å². The summed E-state index contributed by atoms with van der Waals surface area (Å²) in [5.41, 5.74) is 0.881. The molecule has 0 aliphatic heterocycles. The third-order valence-corrected chi connectivity index (χ3v) is 2.30. The first-order valence-corrected chi connectivity index (χ1v) is 4.96. The number of carbonyl (C=O) groups excluding carboxylic acids is 1. The van der Waals surface area contributed by atoms with Crippen molar-refractivity contribution in [3.05, 3.63) is 34.9 Å². The maximum Gasteiger partial charge on any atom is 0.165 e. The van der Waals surface area contributed by atoms with Crippen molar-refractivity contribution in [2.45, 2.75) is 25.9 Å². The maximum atomic E-state index is 11.3. The lowest BCUT2D eigenvalue weighted by Crippen LogP contribution is -2.21. The Bertz CT molecular complexity index is 306. The van der Waals surface area contributed by atoms with E-state index in [1.165, 1.54) is 0 Å². The number of carbonyl (C=O) groups is 1.